The van der Waals surface area contributed by atoms with E-state index in [4.69, 9.17) is 4.74 Å². The number of hydrogen-bond donors (Lipinski definition) is 2. The highest BCUT2D eigenvalue weighted by molar-refractivity contribution is 6.04. The van der Waals surface area contributed by atoms with Gasteiger partial charge in [0.05, 0.1) is 17.8 Å². The average Bonchev–Trinajstić information content (AvgIpc) is 2.74. The number of carbonyl (C=O) groups excluding carboxylic acids is 2. The van der Waals surface area contributed by atoms with Crippen LogP contribution in [0.25, 0.3) is 0 Å². The highest BCUT2D eigenvalue weighted by atomic mass is 19.1. The monoisotopic (exact) mass is 398 g/mol. The fourth-order valence-electron chi connectivity index (χ4n) is 3.63. The summed E-state index contributed by atoms with van der Waals surface area (Å²) in [6.45, 7) is 2.40. The summed E-state index contributed by atoms with van der Waals surface area (Å²) < 4.78 is 18.7. The Balaban J connectivity index is 1.49. The smallest absolute Gasteiger partial charge is 0.253 e. The molecule has 1 aromatic carbocycles. The average molecular weight is 398 g/mol. The number of rotatable bonds is 5. The van der Waals surface area contributed by atoms with Crippen molar-refractivity contribution in [3.8, 4) is 0 Å². The van der Waals surface area contributed by atoms with Gasteiger partial charge in [-0.05, 0) is 42.5 Å². The Morgan fingerprint density at radius 2 is 2.14 bits per heavy atom. The third-order valence-electron chi connectivity index (χ3n) is 5.25. The molecule has 8 heteroatoms. The lowest BCUT2D eigenvalue weighted by atomic mass is 9.99. The zero-order chi connectivity index (χ0) is 20.2. The summed E-state index contributed by atoms with van der Waals surface area (Å²) in [7, 11) is 0. The zero-order valence-corrected chi connectivity index (χ0v) is 16.0. The third-order valence-corrected chi connectivity index (χ3v) is 5.25. The summed E-state index contributed by atoms with van der Waals surface area (Å²) >= 11 is 0. The number of amides is 2. The molecule has 1 aromatic heterocycles. The number of halogens is 1. The van der Waals surface area contributed by atoms with Gasteiger partial charge in [0.25, 0.3) is 5.91 Å². The molecule has 152 valence electrons. The molecule has 2 aliphatic heterocycles. The molecule has 0 unspecified atom stereocenters. The lowest BCUT2D eigenvalue weighted by Gasteiger charge is -2.33. The van der Waals surface area contributed by atoms with E-state index in [0.717, 1.165) is 12.8 Å². The van der Waals surface area contributed by atoms with Gasteiger partial charge < -0.3 is 20.3 Å². The first kappa shape index (κ1) is 19.3. The van der Waals surface area contributed by atoms with Gasteiger partial charge >= 0.3 is 0 Å². The number of nitrogens with zero attached hydrogens (tertiary/aromatic N) is 2. The normalized spacial score (nSPS) is 16.9. The van der Waals surface area contributed by atoms with Crippen LogP contribution in [0.15, 0.2) is 36.5 Å². The van der Waals surface area contributed by atoms with Crippen molar-refractivity contribution in [3.05, 3.63) is 53.5 Å². The molecule has 0 aliphatic carbocycles. The molecular weight excluding hydrogens is 375 g/mol. The van der Waals surface area contributed by atoms with Crippen LogP contribution in [0.5, 0.6) is 0 Å². The van der Waals surface area contributed by atoms with Crippen molar-refractivity contribution in [1.82, 2.24) is 10.3 Å². The number of ether oxygens (including phenoxy) is 1. The Kier molecular flexibility index (Phi) is 5.71. The number of benzene rings is 1. The molecule has 0 spiro atoms. The van der Waals surface area contributed by atoms with Crippen LogP contribution in [0, 0.1) is 11.7 Å². The van der Waals surface area contributed by atoms with E-state index in [0.29, 0.717) is 48.3 Å². The van der Waals surface area contributed by atoms with Crippen molar-refractivity contribution in [2.24, 2.45) is 5.92 Å². The van der Waals surface area contributed by atoms with Crippen molar-refractivity contribution < 1.29 is 18.7 Å². The molecule has 2 aliphatic rings. The highest BCUT2D eigenvalue weighted by Crippen LogP contribution is 2.30. The summed E-state index contributed by atoms with van der Waals surface area (Å²) in [5.74, 6) is 0.250. The number of anilines is 2. The van der Waals surface area contributed by atoms with E-state index in [1.807, 2.05) is 0 Å². The Labute approximate surface area is 168 Å². The number of carbonyl (C=O) groups is 2. The van der Waals surface area contributed by atoms with E-state index < -0.39 is 0 Å². The molecule has 1 fully saturated rings. The molecular formula is C21H23FN4O3. The number of aromatic nitrogens is 1. The maximum atomic E-state index is 13.3. The van der Waals surface area contributed by atoms with Gasteiger partial charge in [-0.2, -0.15) is 0 Å². The minimum absolute atomic E-state index is 0.0388. The SMILES string of the molecule is O=C(NCc1cccc(F)c1)c1cnc2c(c1)N(CC1CCOCC1)C(=O)CN2. The van der Waals surface area contributed by atoms with Crippen LogP contribution in [-0.2, 0) is 16.1 Å². The second kappa shape index (κ2) is 8.57. The number of pyridine rings is 1. The maximum absolute atomic E-state index is 13.3. The number of fused-ring (bicyclic) bond motifs is 1. The summed E-state index contributed by atoms with van der Waals surface area (Å²) in [4.78, 5) is 31.2. The van der Waals surface area contributed by atoms with Gasteiger partial charge in [0.1, 0.15) is 11.6 Å². The van der Waals surface area contributed by atoms with E-state index in [-0.39, 0.29) is 30.7 Å². The highest BCUT2D eigenvalue weighted by Gasteiger charge is 2.29. The topological polar surface area (TPSA) is 83.6 Å². The molecule has 7 nitrogen and oxygen atoms in total. The summed E-state index contributed by atoms with van der Waals surface area (Å²) in [5, 5.41) is 5.78. The molecule has 0 atom stereocenters. The van der Waals surface area contributed by atoms with Gasteiger partial charge in [-0.15, -0.1) is 0 Å². The summed E-state index contributed by atoms with van der Waals surface area (Å²) in [6.07, 6.45) is 3.30. The van der Waals surface area contributed by atoms with Crippen molar-refractivity contribution >= 4 is 23.3 Å². The van der Waals surface area contributed by atoms with Gasteiger partial charge in [-0.3, -0.25) is 9.59 Å². The standard InChI is InChI=1S/C21H23FN4O3/c22-17-3-1-2-15(8-17)10-25-21(28)16-9-18-20(23-11-16)24-12-19(27)26(18)13-14-4-6-29-7-5-14/h1-3,8-9,11,14H,4-7,10,12-13H2,(H,23,24)(H,25,28). The lowest BCUT2D eigenvalue weighted by Crippen LogP contribution is -2.44. The fourth-order valence-corrected chi connectivity index (χ4v) is 3.63. The molecule has 0 saturated carbocycles. The van der Waals surface area contributed by atoms with Gasteiger partial charge in [0.15, 0.2) is 0 Å². The quantitative estimate of drug-likeness (QED) is 0.808. The first-order valence-electron chi connectivity index (χ1n) is 9.75. The molecule has 29 heavy (non-hydrogen) atoms. The predicted octanol–water partition coefficient (Wildman–Crippen LogP) is 2.34. The van der Waals surface area contributed by atoms with E-state index in [9.17, 15) is 14.0 Å². The van der Waals surface area contributed by atoms with Crippen molar-refractivity contribution in [3.63, 3.8) is 0 Å². The number of nitrogens with one attached hydrogen (secondary N) is 2. The largest absolute Gasteiger partial charge is 0.381 e. The minimum atomic E-state index is -0.347. The van der Waals surface area contributed by atoms with E-state index in [1.165, 1.54) is 18.3 Å². The van der Waals surface area contributed by atoms with Crippen LogP contribution in [0.4, 0.5) is 15.9 Å². The molecule has 2 aromatic rings. The van der Waals surface area contributed by atoms with Crippen molar-refractivity contribution in [1.29, 1.82) is 0 Å². The van der Waals surface area contributed by atoms with E-state index >= 15 is 0 Å². The van der Waals surface area contributed by atoms with Crippen LogP contribution in [0.1, 0.15) is 28.8 Å². The van der Waals surface area contributed by atoms with E-state index in [2.05, 4.69) is 15.6 Å². The number of hydrogen-bond acceptors (Lipinski definition) is 5. The van der Waals surface area contributed by atoms with Gasteiger partial charge in [0, 0.05) is 32.5 Å². The van der Waals surface area contributed by atoms with Crippen molar-refractivity contribution in [2.45, 2.75) is 19.4 Å². The first-order chi connectivity index (χ1) is 14.1. The van der Waals surface area contributed by atoms with Gasteiger partial charge in [-0.25, -0.2) is 9.37 Å². The molecule has 4 rings (SSSR count). The summed E-state index contributed by atoms with van der Waals surface area (Å²) in [5.41, 5.74) is 1.64. The Morgan fingerprint density at radius 1 is 1.31 bits per heavy atom. The molecule has 2 N–H and O–H groups in total. The van der Waals surface area contributed by atoms with Crippen LogP contribution >= 0.6 is 0 Å². The van der Waals surface area contributed by atoms with Crippen LogP contribution in [0.3, 0.4) is 0 Å². The third kappa shape index (κ3) is 4.54. The van der Waals surface area contributed by atoms with Crippen LogP contribution in [-0.4, -0.2) is 43.1 Å². The van der Waals surface area contributed by atoms with Crippen molar-refractivity contribution in [2.75, 3.05) is 36.5 Å². The van der Waals surface area contributed by atoms with Gasteiger partial charge in [-0.1, -0.05) is 12.1 Å². The Morgan fingerprint density at radius 3 is 2.93 bits per heavy atom. The van der Waals surface area contributed by atoms with Crippen LogP contribution < -0.4 is 15.5 Å². The fraction of sp³-hybridized carbons (Fsp3) is 0.381. The summed E-state index contributed by atoms with van der Waals surface area (Å²) in [6, 6.07) is 7.77. The second-order valence-corrected chi connectivity index (χ2v) is 7.32. The lowest BCUT2D eigenvalue weighted by molar-refractivity contribution is -0.117. The van der Waals surface area contributed by atoms with E-state index in [1.54, 1.807) is 23.1 Å². The zero-order valence-electron chi connectivity index (χ0n) is 16.0. The molecule has 0 bridgehead atoms. The molecule has 1 saturated heterocycles. The van der Waals surface area contributed by atoms with Crippen LogP contribution in [0.2, 0.25) is 0 Å². The maximum Gasteiger partial charge on any atom is 0.253 e. The second-order valence-electron chi connectivity index (χ2n) is 7.32. The molecule has 2 amide bonds. The first-order valence-corrected chi connectivity index (χ1v) is 9.75. The molecule has 3 heterocycles. The predicted molar refractivity (Wildman–Crippen MR) is 106 cm³/mol. The van der Waals surface area contributed by atoms with Gasteiger partial charge in [0.2, 0.25) is 5.91 Å². The minimum Gasteiger partial charge on any atom is -0.381 e. The molecule has 0 radical (unpaired) electrons. The Hall–Kier alpha value is -3.00. The Bertz CT molecular complexity index is 915.